The van der Waals surface area contributed by atoms with Crippen LogP contribution in [0, 0.1) is 13.8 Å². The Balaban J connectivity index is 1.97. The summed E-state index contributed by atoms with van der Waals surface area (Å²) in [7, 11) is 0. The maximum absolute atomic E-state index is 11.4. The molecule has 0 amide bonds. The van der Waals surface area contributed by atoms with Crippen LogP contribution in [0.5, 0.6) is 5.75 Å². The highest BCUT2D eigenvalue weighted by Gasteiger charge is 2.08. The maximum atomic E-state index is 11.4. The molecule has 2 N–H and O–H groups in total. The van der Waals surface area contributed by atoms with Gasteiger partial charge in [0.05, 0.1) is 24.9 Å². The molecule has 2 rings (SSSR count). The smallest absolute Gasteiger partial charge is 0.311 e. The molecule has 23 heavy (non-hydrogen) atoms. The molecule has 0 radical (unpaired) electrons. The van der Waals surface area contributed by atoms with E-state index in [1.165, 1.54) is 17.6 Å². The number of aryl methyl sites for hydroxylation is 2. The van der Waals surface area contributed by atoms with Crippen molar-refractivity contribution in [2.24, 2.45) is 5.10 Å². The first-order valence-corrected chi connectivity index (χ1v) is 8.07. The Labute approximate surface area is 138 Å². The molecule has 0 spiro atoms. The second-order valence-corrected chi connectivity index (χ2v) is 5.85. The third-order valence-corrected chi connectivity index (χ3v) is 3.99. The van der Waals surface area contributed by atoms with E-state index in [0.29, 0.717) is 23.0 Å². The van der Waals surface area contributed by atoms with Gasteiger partial charge in [0, 0.05) is 10.9 Å². The number of anilines is 1. The summed E-state index contributed by atoms with van der Waals surface area (Å²) in [5.41, 5.74) is 6.16. The highest BCUT2D eigenvalue weighted by Crippen LogP contribution is 2.20. The number of thiazole rings is 1. The molecule has 0 aliphatic rings. The number of esters is 1. The second-order valence-electron chi connectivity index (χ2n) is 4.99. The summed E-state index contributed by atoms with van der Waals surface area (Å²) in [6, 6.07) is 3.57. The van der Waals surface area contributed by atoms with E-state index in [2.05, 4.69) is 15.5 Å². The molecule has 0 saturated heterocycles. The molecular formula is C16H19N3O3S. The van der Waals surface area contributed by atoms with Crippen LogP contribution in [0.15, 0.2) is 22.6 Å². The minimum atomic E-state index is -0.298. The van der Waals surface area contributed by atoms with Gasteiger partial charge in [-0.2, -0.15) is 5.10 Å². The van der Waals surface area contributed by atoms with Crippen LogP contribution in [0.3, 0.4) is 0 Å². The van der Waals surface area contributed by atoms with Crippen molar-refractivity contribution < 1.29 is 14.6 Å². The molecule has 7 heteroatoms. The van der Waals surface area contributed by atoms with Crippen LogP contribution >= 0.6 is 11.3 Å². The van der Waals surface area contributed by atoms with Crippen LogP contribution in [0.25, 0.3) is 0 Å². The lowest BCUT2D eigenvalue weighted by Crippen LogP contribution is -2.07. The number of ether oxygens (including phenoxy) is 1. The zero-order chi connectivity index (χ0) is 16.8. The summed E-state index contributed by atoms with van der Waals surface area (Å²) < 4.78 is 4.88. The van der Waals surface area contributed by atoms with Crippen LogP contribution < -0.4 is 5.43 Å². The topological polar surface area (TPSA) is 83.8 Å². The van der Waals surface area contributed by atoms with Gasteiger partial charge in [0.25, 0.3) is 0 Å². The fourth-order valence-electron chi connectivity index (χ4n) is 1.88. The zero-order valence-corrected chi connectivity index (χ0v) is 14.1. The summed E-state index contributed by atoms with van der Waals surface area (Å²) in [4.78, 5) is 15.6. The summed E-state index contributed by atoms with van der Waals surface area (Å²) in [5.74, 6) is -0.117. The van der Waals surface area contributed by atoms with E-state index in [0.717, 1.165) is 11.1 Å². The molecule has 122 valence electrons. The van der Waals surface area contributed by atoms with E-state index in [-0.39, 0.29) is 18.1 Å². The first-order valence-electron chi connectivity index (χ1n) is 7.19. The van der Waals surface area contributed by atoms with Gasteiger partial charge in [-0.15, -0.1) is 11.3 Å². The summed E-state index contributed by atoms with van der Waals surface area (Å²) >= 11 is 1.35. The summed E-state index contributed by atoms with van der Waals surface area (Å²) in [5, 5.41) is 16.3. The van der Waals surface area contributed by atoms with Gasteiger partial charge in [0.15, 0.2) is 0 Å². The van der Waals surface area contributed by atoms with E-state index in [9.17, 15) is 9.90 Å². The summed E-state index contributed by atoms with van der Waals surface area (Å²) in [6.07, 6.45) is 1.68. The van der Waals surface area contributed by atoms with Gasteiger partial charge in [-0.05, 0) is 44.0 Å². The van der Waals surface area contributed by atoms with E-state index >= 15 is 0 Å². The van der Waals surface area contributed by atoms with Crippen molar-refractivity contribution in [1.82, 2.24) is 4.98 Å². The number of hydrogen-bond donors (Lipinski definition) is 2. The minimum absolute atomic E-state index is 0.147. The standard InChI is InChI=1S/C16H19N3O3S/c1-4-22-15(21)7-13-9-23-16(18-13)19-17-8-12-5-10(2)11(3)6-14(12)20/h5-6,8-9,20H,4,7H2,1-3H3,(H,18,19). The molecule has 0 aliphatic carbocycles. The lowest BCUT2D eigenvalue weighted by molar-refractivity contribution is -0.142. The number of nitrogens with one attached hydrogen (secondary N) is 1. The van der Waals surface area contributed by atoms with E-state index in [4.69, 9.17) is 4.74 Å². The molecule has 1 heterocycles. The Morgan fingerprint density at radius 3 is 2.91 bits per heavy atom. The number of carbonyl (C=O) groups is 1. The van der Waals surface area contributed by atoms with Crippen molar-refractivity contribution in [2.45, 2.75) is 27.2 Å². The van der Waals surface area contributed by atoms with Gasteiger partial charge < -0.3 is 9.84 Å². The largest absolute Gasteiger partial charge is 0.507 e. The van der Waals surface area contributed by atoms with Crippen LogP contribution in [0.1, 0.15) is 29.3 Å². The van der Waals surface area contributed by atoms with Crippen molar-refractivity contribution in [1.29, 1.82) is 0 Å². The number of phenols is 1. The number of hydrazone groups is 1. The molecule has 0 fully saturated rings. The number of rotatable bonds is 6. The zero-order valence-electron chi connectivity index (χ0n) is 13.3. The average molecular weight is 333 g/mol. The number of benzene rings is 1. The average Bonchev–Trinajstić information content (AvgIpc) is 2.92. The molecule has 2 aromatic rings. The molecule has 0 aliphatic heterocycles. The van der Waals surface area contributed by atoms with Gasteiger partial charge in [0.2, 0.25) is 5.13 Å². The highest BCUT2D eigenvalue weighted by molar-refractivity contribution is 7.13. The third-order valence-electron chi connectivity index (χ3n) is 3.19. The second kappa shape index (κ2) is 7.73. The Morgan fingerprint density at radius 2 is 2.17 bits per heavy atom. The van der Waals surface area contributed by atoms with Gasteiger partial charge in [0.1, 0.15) is 5.75 Å². The van der Waals surface area contributed by atoms with Crippen molar-refractivity contribution in [2.75, 3.05) is 12.0 Å². The molecule has 0 unspecified atom stereocenters. The van der Waals surface area contributed by atoms with Crippen molar-refractivity contribution in [3.05, 3.63) is 39.9 Å². The SMILES string of the molecule is CCOC(=O)Cc1csc(NN=Cc2cc(C)c(C)cc2O)n1. The van der Waals surface area contributed by atoms with Gasteiger partial charge in [-0.3, -0.25) is 10.2 Å². The van der Waals surface area contributed by atoms with Crippen molar-refractivity contribution >= 4 is 28.7 Å². The number of nitrogens with zero attached hydrogens (tertiary/aromatic N) is 2. The van der Waals surface area contributed by atoms with Crippen LogP contribution in [0.2, 0.25) is 0 Å². The van der Waals surface area contributed by atoms with E-state index < -0.39 is 0 Å². The Morgan fingerprint density at radius 1 is 1.43 bits per heavy atom. The molecule has 0 saturated carbocycles. The van der Waals surface area contributed by atoms with Crippen molar-refractivity contribution in [3.8, 4) is 5.75 Å². The minimum Gasteiger partial charge on any atom is -0.507 e. The monoisotopic (exact) mass is 333 g/mol. The molecule has 0 atom stereocenters. The number of aromatic nitrogens is 1. The normalized spacial score (nSPS) is 10.9. The molecule has 0 bridgehead atoms. The van der Waals surface area contributed by atoms with Crippen molar-refractivity contribution in [3.63, 3.8) is 0 Å². The molecule has 6 nitrogen and oxygen atoms in total. The molecular weight excluding hydrogens is 314 g/mol. The first kappa shape index (κ1) is 17.0. The summed E-state index contributed by atoms with van der Waals surface area (Å²) in [6.45, 7) is 6.04. The van der Waals surface area contributed by atoms with Gasteiger partial charge >= 0.3 is 5.97 Å². The van der Waals surface area contributed by atoms with E-state index in [1.807, 2.05) is 19.9 Å². The first-order chi connectivity index (χ1) is 11.0. The van der Waals surface area contributed by atoms with Crippen LogP contribution in [0.4, 0.5) is 5.13 Å². The third kappa shape index (κ3) is 4.79. The Kier molecular flexibility index (Phi) is 5.70. The highest BCUT2D eigenvalue weighted by atomic mass is 32.1. The number of carbonyl (C=O) groups excluding carboxylic acids is 1. The van der Waals surface area contributed by atoms with E-state index in [1.54, 1.807) is 18.4 Å². The fourth-order valence-corrected chi connectivity index (χ4v) is 2.54. The number of hydrogen-bond acceptors (Lipinski definition) is 7. The number of aromatic hydroxyl groups is 1. The maximum Gasteiger partial charge on any atom is 0.311 e. The molecule has 1 aromatic carbocycles. The Hall–Kier alpha value is -2.41. The number of phenolic OH excluding ortho intramolecular Hbond substituents is 1. The molecule has 1 aromatic heterocycles. The van der Waals surface area contributed by atoms with Gasteiger partial charge in [-0.1, -0.05) is 0 Å². The lowest BCUT2D eigenvalue weighted by Gasteiger charge is -2.04. The lowest BCUT2D eigenvalue weighted by atomic mass is 10.1. The predicted molar refractivity (Wildman–Crippen MR) is 91.2 cm³/mol. The van der Waals surface area contributed by atoms with Crippen LogP contribution in [-0.2, 0) is 16.0 Å². The Bertz CT molecular complexity index is 725. The fraction of sp³-hybridized carbons (Fsp3) is 0.312. The van der Waals surface area contributed by atoms with Gasteiger partial charge in [-0.25, -0.2) is 4.98 Å². The predicted octanol–water partition coefficient (Wildman–Crippen LogP) is 3.02. The van der Waals surface area contributed by atoms with Crippen LogP contribution in [-0.4, -0.2) is 28.9 Å². The quantitative estimate of drug-likeness (QED) is 0.482.